The largest absolute Gasteiger partial charge is 0.491 e. The Morgan fingerprint density at radius 3 is 2.50 bits per heavy atom. The van der Waals surface area contributed by atoms with Gasteiger partial charge in [-0.1, -0.05) is 37.3 Å². The highest BCUT2D eigenvalue weighted by atomic mass is 32.1. The molecule has 2 rings (SSSR count). The topological polar surface area (TPSA) is 111 Å². The maximum absolute atomic E-state index is 12.5. The van der Waals surface area contributed by atoms with Crippen LogP contribution in [0.5, 0.6) is 5.75 Å². The van der Waals surface area contributed by atoms with E-state index in [0.29, 0.717) is 23.3 Å². The molecular weight excluding hydrogens is 434 g/mol. The lowest BCUT2D eigenvalue weighted by atomic mass is 9.94. The Morgan fingerprint density at radius 2 is 1.81 bits per heavy atom. The second-order valence-electron chi connectivity index (χ2n) is 6.94. The molecule has 2 aromatic rings. The molecule has 0 spiro atoms. The summed E-state index contributed by atoms with van der Waals surface area (Å²) in [5, 5.41) is 11.2. The number of amides is 2. The fourth-order valence-corrected chi connectivity index (χ4v) is 3.00. The Kier molecular flexibility index (Phi) is 10.6. The van der Waals surface area contributed by atoms with E-state index in [9.17, 15) is 14.4 Å². The van der Waals surface area contributed by atoms with Gasteiger partial charge in [-0.05, 0) is 36.2 Å². The molecule has 0 radical (unpaired) electrons. The number of hydrogen-bond donors (Lipinski definition) is 3. The monoisotopic (exact) mass is 461 g/mol. The van der Waals surface area contributed by atoms with Crippen molar-refractivity contribution in [2.24, 2.45) is 5.92 Å². The van der Waals surface area contributed by atoms with Crippen molar-refractivity contribution in [3.8, 4) is 5.75 Å². The molecule has 2 atom stereocenters. The number of ether oxygens (including phenoxy) is 3. The van der Waals surface area contributed by atoms with Crippen LogP contribution in [0.4, 0.5) is 4.79 Å². The second kappa shape index (κ2) is 13.4. The number of esters is 1. The number of hydrogen-bond acceptors (Lipinski definition) is 8. The third-order valence-corrected chi connectivity index (χ3v) is 4.77. The Bertz CT molecular complexity index is 891. The molecule has 0 aromatic heterocycles. The van der Waals surface area contributed by atoms with Crippen molar-refractivity contribution in [3.05, 3.63) is 65.7 Å². The van der Waals surface area contributed by atoms with Crippen LogP contribution < -0.4 is 10.1 Å². The minimum Gasteiger partial charge on any atom is -0.491 e. The molecule has 2 aromatic carbocycles. The molecule has 2 amide bonds. The molecule has 0 heterocycles. The zero-order valence-corrected chi connectivity index (χ0v) is 18.6. The summed E-state index contributed by atoms with van der Waals surface area (Å²) in [6, 6.07) is 15.2. The number of alkyl carbamates (subject to hydrolysis) is 1. The van der Waals surface area contributed by atoms with Gasteiger partial charge in [0.15, 0.2) is 0 Å². The predicted octanol–water partition coefficient (Wildman–Crippen LogP) is 3.16. The van der Waals surface area contributed by atoms with E-state index >= 15 is 0 Å². The first-order valence-corrected chi connectivity index (χ1v) is 10.7. The average Bonchev–Trinajstić information content (AvgIpc) is 2.81. The highest BCUT2D eigenvalue weighted by molar-refractivity contribution is 7.81. The Hall–Kier alpha value is -3.04. The number of imide groups is 1. The molecule has 172 valence electrons. The van der Waals surface area contributed by atoms with Crippen LogP contribution in [0.25, 0.3) is 0 Å². The first-order chi connectivity index (χ1) is 15.4. The third kappa shape index (κ3) is 8.24. The van der Waals surface area contributed by atoms with Gasteiger partial charge in [0.2, 0.25) is 0 Å². The van der Waals surface area contributed by atoms with Crippen LogP contribution >= 0.6 is 12.6 Å². The van der Waals surface area contributed by atoms with Crippen molar-refractivity contribution >= 4 is 30.6 Å². The van der Waals surface area contributed by atoms with Crippen molar-refractivity contribution in [3.63, 3.8) is 0 Å². The van der Waals surface area contributed by atoms with Crippen molar-refractivity contribution in [1.29, 1.82) is 0 Å². The highest BCUT2D eigenvalue weighted by Crippen LogP contribution is 2.31. The molecule has 0 saturated carbocycles. The quantitative estimate of drug-likeness (QED) is 0.348. The van der Waals surface area contributed by atoms with Crippen molar-refractivity contribution in [2.75, 3.05) is 25.6 Å². The number of thiol groups is 1. The summed E-state index contributed by atoms with van der Waals surface area (Å²) in [7, 11) is 0. The highest BCUT2D eigenvalue weighted by Gasteiger charge is 2.25. The van der Waals surface area contributed by atoms with E-state index in [1.54, 1.807) is 54.6 Å². The van der Waals surface area contributed by atoms with Gasteiger partial charge in [0.1, 0.15) is 18.5 Å². The molecule has 0 fully saturated rings. The molecule has 0 aliphatic heterocycles. The summed E-state index contributed by atoms with van der Waals surface area (Å²) >= 11 is 3.87. The lowest BCUT2D eigenvalue weighted by Crippen LogP contribution is -2.33. The first-order valence-electron chi connectivity index (χ1n) is 10.1. The fraction of sp³-hybridized carbons (Fsp3) is 0.348. The number of nitrogens with one attached hydrogen (secondary N) is 1. The van der Waals surface area contributed by atoms with Crippen LogP contribution in [0.2, 0.25) is 0 Å². The molecule has 0 bridgehead atoms. The summed E-state index contributed by atoms with van der Waals surface area (Å²) in [5.74, 6) is -0.802. The van der Waals surface area contributed by atoms with Gasteiger partial charge in [0.05, 0.1) is 19.0 Å². The van der Waals surface area contributed by atoms with Gasteiger partial charge in [-0.25, -0.2) is 4.79 Å². The number of aliphatic hydroxyl groups is 1. The summed E-state index contributed by atoms with van der Waals surface area (Å²) in [4.78, 5) is 36.1. The molecule has 0 aliphatic rings. The smallest absolute Gasteiger partial charge is 0.414 e. The summed E-state index contributed by atoms with van der Waals surface area (Å²) in [5.41, 5.74) is 0.961. The number of rotatable bonds is 11. The molecule has 32 heavy (non-hydrogen) atoms. The van der Waals surface area contributed by atoms with Crippen molar-refractivity contribution in [2.45, 2.75) is 19.4 Å². The molecule has 0 saturated heterocycles. The average molecular weight is 462 g/mol. The van der Waals surface area contributed by atoms with Gasteiger partial charge in [-0.3, -0.25) is 14.9 Å². The maximum Gasteiger partial charge on any atom is 0.414 e. The second-order valence-corrected chi connectivity index (χ2v) is 7.25. The van der Waals surface area contributed by atoms with Gasteiger partial charge in [-0.2, -0.15) is 12.6 Å². The van der Waals surface area contributed by atoms with Crippen LogP contribution in [-0.4, -0.2) is 48.6 Å². The zero-order valence-electron chi connectivity index (χ0n) is 17.7. The first kappa shape index (κ1) is 25.2. The van der Waals surface area contributed by atoms with E-state index in [-0.39, 0.29) is 31.5 Å². The Labute approximate surface area is 192 Å². The predicted molar refractivity (Wildman–Crippen MR) is 121 cm³/mol. The van der Waals surface area contributed by atoms with Crippen LogP contribution in [0.15, 0.2) is 54.6 Å². The molecule has 2 N–H and O–H groups in total. The normalized spacial score (nSPS) is 12.3. The molecule has 9 heteroatoms. The molecule has 0 unspecified atom stereocenters. The van der Waals surface area contributed by atoms with Crippen LogP contribution in [-0.2, 0) is 14.3 Å². The van der Waals surface area contributed by atoms with Gasteiger partial charge >= 0.3 is 12.1 Å². The Morgan fingerprint density at radius 1 is 1.06 bits per heavy atom. The molecular formula is C23H27NO7S. The standard InChI is InChI=1S/C23H27NO7S/c1-16(10-12-30-20(26)15-32)21(18-8-5-9-19(14-18)29-13-11-25)31-23(28)24-22(27)17-6-3-2-4-7-17/h2-9,14,16,21,25,32H,10-13,15H2,1H3,(H,24,27,28)/t16-,21-/m1/s1. The Balaban J connectivity index is 2.13. The molecule has 8 nitrogen and oxygen atoms in total. The van der Waals surface area contributed by atoms with Gasteiger partial charge in [0, 0.05) is 11.5 Å². The maximum atomic E-state index is 12.5. The summed E-state index contributed by atoms with van der Waals surface area (Å²) in [6.45, 7) is 1.95. The number of aliphatic hydroxyl groups excluding tert-OH is 1. The number of carbonyl (C=O) groups excluding carboxylic acids is 3. The fourth-order valence-electron chi connectivity index (χ4n) is 2.91. The minimum atomic E-state index is -0.898. The van der Waals surface area contributed by atoms with Gasteiger partial charge in [0.25, 0.3) is 5.91 Å². The van der Waals surface area contributed by atoms with E-state index in [1.807, 2.05) is 6.92 Å². The summed E-state index contributed by atoms with van der Waals surface area (Å²) in [6.07, 6.45) is -1.23. The number of carbonyl (C=O) groups is 3. The van der Waals surface area contributed by atoms with Crippen molar-refractivity contribution < 1.29 is 33.7 Å². The van der Waals surface area contributed by atoms with Gasteiger partial charge in [-0.15, -0.1) is 0 Å². The number of benzene rings is 2. The minimum absolute atomic E-state index is 0.0252. The van der Waals surface area contributed by atoms with E-state index in [0.717, 1.165) is 0 Å². The van der Waals surface area contributed by atoms with Gasteiger partial charge < -0.3 is 19.3 Å². The van der Waals surface area contributed by atoms with Crippen LogP contribution in [0.3, 0.4) is 0 Å². The molecule has 0 aliphatic carbocycles. The summed E-state index contributed by atoms with van der Waals surface area (Å²) < 4.78 is 16.1. The van der Waals surface area contributed by atoms with Crippen LogP contribution in [0.1, 0.15) is 35.4 Å². The zero-order chi connectivity index (χ0) is 23.3. The third-order valence-electron chi connectivity index (χ3n) is 4.51. The lowest BCUT2D eigenvalue weighted by Gasteiger charge is -2.25. The SMILES string of the molecule is C[C@H](CCOC(=O)CS)[C@@H](OC(=O)NC(=O)c1ccccc1)c1cccc(OCCO)c1. The van der Waals surface area contributed by atoms with E-state index in [1.165, 1.54) is 0 Å². The van der Waals surface area contributed by atoms with E-state index < -0.39 is 24.1 Å². The van der Waals surface area contributed by atoms with E-state index in [2.05, 4.69) is 17.9 Å². The van der Waals surface area contributed by atoms with E-state index in [4.69, 9.17) is 19.3 Å². The lowest BCUT2D eigenvalue weighted by molar-refractivity contribution is -0.141. The van der Waals surface area contributed by atoms with Crippen LogP contribution in [0, 0.1) is 5.92 Å². The van der Waals surface area contributed by atoms with Crippen molar-refractivity contribution in [1.82, 2.24) is 5.32 Å².